The second-order valence-corrected chi connectivity index (χ2v) is 4.36. The van der Waals surface area contributed by atoms with Crippen LogP contribution < -0.4 is 11.1 Å². The molecule has 5 heteroatoms. The molecule has 96 valence electrons. The molecule has 2 aromatic rings. The Morgan fingerprint density at radius 3 is 3.00 bits per heavy atom. The van der Waals surface area contributed by atoms with Crippen LogP contribution >= 0.6 is 0 Å². The molecule has 2 heterocycles. The van der Waals surface area contributed by atoms with Gasteiger partial charge in [0.15, 0.2) is 0 Å². The van der Waals surface area contributed by atoms with E-state index in [0.29, 0.717) is 0 Å². The third-order valence-electron chi connectivity index (χ3n) is 2.85. The monoisotopic (exact) mass is 245 g/mol. The van der Waals surface area contributed by atoms with Crippen LogP contribution in [0.25, 0.3) is 0 Å². The fourth-order valence-electron chi connectivity index (χ4n) is 1.69. The van der Waals surface area contributed by atoms with Gasteiger partial charge in [-0.25, -0.2) is 9.97 Å². The molecule has 3 N–H and O–H groups in total. The first-order valence-electron chi connectivity index (χ1n) is 6.17. The number of rotatable bonds is 6. The topological polar surface area (TPSA) is 68.8 Å². The number of hydrogen-bond acceptors (Lipinski definition) is 4. The molecule has 0 saturated carbocycles. The van der Waals surface area contributed by atoms with Gasteiger partial charge in [0, 0.05) is 43.4 Å². The summed E-state index contributed by atoms with van der Waals surface area (Å²) in [5.74, 6) is 0.848. The first kappa shape index (κ1) is 12.4. The van der Waals surface area contributed by atoms with Crippen LogP contribution in [-0.2, 0) is 6.54 Å². The van der Waals surface area contributed by atoms with Crippen molar-refractivity contribution in [3.63, 3.8) is 0 Å². The molecule has 0 aliphatic carbocycles. The third kappa shape index (κ3) is 3.48. The molecule has 0 amide bonds. The smallest absolute Gasteiger partial charge is 0.127 e. The van der Waals surface area contributed by atoms with Gasteiger partial charge in [-0.05, 0) is 25.3 Å². The van der Waals surface area contributed by atoms with E-state index in [1.165, 1.54) is 0 Å². The summed E-state index contributed by atoms with van der Waals surface area (Å²) in [5.41, 5.74) is 7.62. The summed E-state index contributed by atoms with van der Waals surface area (Å²) in [6.45, 7) is 3.87. The number of nitrogens with one attached hydrogen (secondary N) is 1. The minimum atomic E-state index is 0.783. The maximum Gasteiger partial charge on any atom is 0.127 e. The van der Waals surface area contributed by atoms with Crippen molar-refractivity contribution >= 4 is 11.5 Å². The molecular weight excluding hydrogens is 226 g/mol. The zero-order valence-electron chi connectivity index (χ0n) is 10.6. The van der Waals surface area contributed by atoms with Crippen LogP contribution in [0.3, 0.4) is 0 Å². The summed E-state index contributed by atoms with van der Waals surface area (Å²) in [4.78, 5) is 8.29. The molecule has 0 bridgehead atoms. The van der Waals surface area contributed by atoms with Crippen LogP contribution in [0.5, 0.6) is 0 Å². The highest BCUT2D eigenvalue weighted by Gasteiger charge is 1.97. The van der Waals surface area contributed by atoms with Crippen molar-refractivity contribution in [2.75, 3.05) is 17.6 Å². The highest BCUT2D eigenvalue weighted by atomic mass is 15.0. The molecule has 2 aromatic heterocycles. The van der Waals surface area contributed by atoms with E-state index in [2.05, 4.69) is 19.9 Å². The standard InChI is InChI=1S/C13H19N5/c1-11-9-17-13(8-12(11)14)16-4-2-3-6-18-7-5-15-10-18/h5,7-10H,2-4,6H2,1H3,(H3,14,16,17). The molecule has 5 nitrogen and oxygen atoms in total. The molecule has 0 saturated heterocycles. The van der Waals surface area contributed by atoms with E-state index in [1.807, 2.05) is 25.5 Å². The van der Waals surface area contributed by atoms with Crippen LogP contribution in [-0.4, -0.2) is 21.1 Å². The van der Waals surface area contributed by atoms with E-state index in [0.717, 1.165) is 43.0 Å². The van der Waals surface area contributed by atoms with Gasteiger partial charge in [0.1, 0.15) is 5.82 Å². The summed E-state index contributed by atoms with van der Waals surface area (Å²) in [5, 5.41) is 3.28. The molecule has 18 heavy (non-hydrogen) atoms. The second kappa shape index (κ2) is 6.05. The summed E-state index contributed by atoms with van der Waals surface area (Å²) in [7, 11) is 0. The first-order chi connectivity index (χ1) is 8.75. The predicted octanol–water partition coefficient (Wildman–Crippen LogP) is 2.06. The number of aryl methyl sites for hydroxylation is 2. The Morgan fingerprint density at radius 1 is 1.39 bits per heavy atom. The molecule has 0 aromatic carbocycles. The summed E-state index contributed by atoms with van der Waals surface area (Å²) in [6.07, 6.45) is 9.63. The molecule has 0 fully saturated rings. The Kier molecular flexibility index (Phi) is 4.17. The number of nitrogens with two attached hydrogens (primary N) is 1. The Bertz CT molecular complexity index is 478. The van der Waals surface area contributed by atoms with E-state index in [9.17, 15) is 0 Å². The van der Waals surface area contributed by atoms with Gasteiger partial charge in [0.05, 0.1) is 6.33 Å². The molecule has 0 radical (unpaired) electrons. The molecule has 0 aliphatic rings. The number of hydrogen-bond donors (Lipinski definition) is 2. The van der Waals surface area contributed by atoms with Gasteiger partial charge < -0.3 is 15.6 Å². The quantitative estimate of drug-likeness (QED) is 0.764. The van der Waals surface area contributed by atoms with E-state index >= 15 is 0 Å². The van der Waals surface area contributed by atoms with Gasteiger partial charge in [-0.3, -0.25) is 0 Å². The van der Waals surface area contributed by atoms with Crippen molar-refractivity contribution in [1.82, 2.24) is 14.5 Å². The van der Waals surface area contributed by atoms with E-state index in [1.54, 1.807) is 12.4 Å². The average Bonchev–Trinajstić information content (AvgIpc) is 2.86. The highest BCUT2D eigenvalue weighted by molar-refractivity contribution is 5.53. The van der Waals surface area contributed by atoms with Gasteiger partial charge >= 0.3 is 0 Å². The van der Waals surface area contributed by atoms with Gasteiger partial charge in [-0.1, -0.05) is 0 Å². The molecule has 2 rings (SSSR count). The normalized spacial score (nSPS) is 10.5. The average molecular weight is 245 g/mol. The Balaban J connectivity index is 1.67. The van der Waals surface area contributed by atoms with Crippen molar-refractivity contribution in [3.05, 3.63) is 36.5 Å². The van der Waals surface area contributed by atoms with Crippen molar-refractivity contribution in [2.45, 2.75) is 26.3 Å². The number of aromatic nitrogens is 3. The van der Waals surface area contributed by atoms with Crippen LogP contribution in [0.4, 0.5) is 11.5 Å². The molecule has 0 aliphatic heterocycles. The number of pyridine rings is 1. The number of nitrogens with zero attached hydrogens (tertiary/aromatic N) is 3. The molecule has 0 atom stereocenters. The Morgan fingerprint density at radius 2 is 2.28 bits per heavy atom. The van der Waals surface area contributed by atoms with Gasteiger partial charge in [-0.2, -0.15) is 0 Å². The minimum Gasteiger partial charge on any atom is -0.398 e. The lowest BCUT2D eigenvalue weighted by Crippen LogP contribution is -2.06. The number of imidazole rings is 1. The number of nitrogen functional groups attached to an aromatic ring is 1. The lowest BCUT2D eigenvalue weighted by atomic mass is 10.2. The lowest BCUT2D eigenvalue weighted by Gasteiger charge is -2.07. The summed E-state index contributed by atoms with van der Waals surface area (Å²) in [6, 6.07) is 1.88. The SMILES string of the molecule is Cc1cnc(NCCCCn2ccnc2)cc1N. The second-order valence-electron chi connectivity index (χ2n) is 4.36. The van der Waals surface area contributed by atoms with E-state index < -0.39 is 0 Å². The summed E-state index contributed by atoms with van der Waals surface area (Å²) < 4.78 is 2.09. The van der Waals surface area contributed by atoms with Crippen LogP contribution in [0.15, 0.2) is 31.0 Å². The Labute approximate surface area is 107 Å². The fourth-order valence-corrected chi connectivity index (χ4v) is 1.69. The van der Waals surface area contributed by atoms with E-state index in [-0.39, 0.29) is 0 Å². The minimum absolute atomic E-state index is 0.783. The van der Waals surface area contributed by atoms with Gasteiger partial charge in [0.25, 0.3) is 0 Å². The lowest BCUT2D eigenvalue weighted by molar-refractivity contribution is 0.620. The Hall–Kier alpha value is -2.04. The van der Waals surface area contributed by atoms with Crippen molar-refractivity contribution < 1.29 is 0 Å². The molecule has 0 unspecified atom stereocenters. The van der Waals surface area contributed by atoms with Crippen LogP contribution in [0.2, 0.25) is 0 Å². The zero-order chi connectivity index (χ0) is 12.8. The maximum atomic E-state index is 5.82. The fraction of sp³-hybridized carbons (Fsp3) is 0.385. The van der Waals surface area contributed by atoms with Crippen molar-refractivity contribution in [1.29, 1.82) is 0 Å². The summed E-state index contributed by atoms with van der Waals surface area (Å²) >= 11 is 0. The van der Waals surface area contributed by atoms with Crippen LogP contribution in [0.1, 0.15) is 18.4 Å². The molecule has 0 spiro atoms. The first-order valence-corrected chi connectivity index (χ1v) is 6.17. The zero-order valence-corrected chi connectivity index (χ0v) is 10.6. The number of anilines is 2. The van der Waals surface area contributed by atoms with Gasteiger partial charge in [0.2, 0.25) is 0 Å². The molecular formula is C13H19N5. The van der Waals surface area contributed by atoms with Crippen molar-refractivity contribution in [2.24, 2.45) is 0 Å². The third-order valence-corrected chi connectivity index (χ3v) is 2.85. The van der Waals surface area contributed by atoms with Crippen LogP contribution in [0, 0.1) is 6.92 Å². The number of unbranched alkanes of at least 4 members (excludes halogenated alkanes) is 1. The van der Waals surface area contributed by atoms with Gasteiger partial charge in [-0.15, -0.1) is 0 Å². The predicted molar refractivity (Wildman–Crippen MR) is 73.3 cm³/mol. The largest absolute Gasteiger partial charge is 0.398 e. The van der Waals surface area contributed by atoms with Crippen molar-refractivity contribution in [3.8, 4) is 0 Å². The maximum absolute atomic E-state index is 5.82. The van der Waals surface area contributed by atoms with E-state index in [4.69, 9.17) is 5.73 Å². The highest BCUT2D eigenvalue weighted by Crippen LogP contribution is 2.13.